The third-order valence-electron chi connectivity index (χ3n) is 0.524. The van der Waals surface area contributed by atoms with E-state index in [-0.39, 0.29) is 10.6 Å². The van der Waals surface area contributed by atoms with E-state index in [0.717, 1.165) is 0 Å². The number of hydrogen-bond donors (Lipinski definition) is 2. The van der Waals surface area contributed by atoms with E-state index in [2.05, 4.69) is 0 Å². The second-order valence-electron chi connectivity index (χ2n) is 1.00. The number of amides is 1. The molecule has 7 heavy (non-hydrogen) atoms. The van der Waals surface area contributed by atoms with Crippen LogP contribution < -0.4 is 10.6 Å². The van der Waals surface area contributed by atoms with Crippen molar-refractivity contribution in [1.82, 2.24) is 10.6 Å². The number of rotatable bonds is 0. The summed E-state index contributed by atoms with van der Waals surface area (Å²) < 4.78 is 42.5. The van der Waals surface area contributed by atoms with Gasteiger partial charge < -0.3 is 10.6 Å². The van der Waals surface area contributed by atoms with Gasteiger partial charge in [-0.3, -0.25) is 4.79 Å². The van der Waals surface area contributed by atoms with Gasteiger partial charge in [-0.2, -0.15) is 0 Å². The molecule has 3 heteroatoms. The second-order valence-corrected chi connectivity index (χ2v) is 1.00. The van der Waals surface area contributed by atoms with Crippen molar-refractivity contribution in [2.75, 3.05) is 19.5 Å². The van der Waals surface area contributed by atoms with Crippen LogP contribution in [-0.4, -0.2) is 25.4 Å². The summed E-state index contributed by atoms with van der Waals surface area (Å²) in [5, 5.41) is 0.151. The van der Waals surface area contributed by atoms with Gasteiger partial charge in [-0.25, -0.2) is 0 Å². The van der Waals surface area contributed by atoms with E-state index >= 15 is 0 Å². The summed E-state index contributed by atoms with van der Waals surface area (Å²) in [6.07, 6.45) is 0. The number of piperazine rings is 1. The van der Waals surface area contributed by atoms with Crippen LogP contribution in [0.3, 0.4) is 0 Å². The summed E-state index contributed by atoms with van der Waals surface area (Å²) in [6, 6.07) is 0. The zero-order valence-electron chi connectivity index (χ0n) is 9.51. The van der Waals surface area contributed by atoms with E-state index in [9.17, 15) is 4.79 Å². The van der Waals surface area contributed by atoms with Crippen LogP contribution in [0.25, 0.3) is 0 Å². The smallest absolute Gasteiger partial charge is 0.234 e. The fourth-order valence-electron chi connectivity index (χ4n) is 0.265. The fraction of sp³-hybridized carbons (Fsp3) is 0.750. The molecule has 1 aliphatic rings. The van der Waals surface area contributed by atoms with E-state index in [0.29, 0.717) is 0 Å². The second kappa shape index (κ2) is 1.93. The molecule has 1 aliphatic heterocycles. The maximum absolute atomic E-state index is 11.0. The Kier molecular flexibility index (Phi) is 0.338. The molecule has 0 atom stereocenters. The van der Waals surface area contributed by atoms with Crippen molar-refractivity contribution in [3.63, 3.8) is 0 Å². The van der Waals surface area contributed by atoms with Gasteiger partial charge in [0.05, 0.1) is 9.24 Å². The Morgan fingerprint density at radius 1 is 2.00 bits per heavy atom. The van der Waals surface area contributed by atoms with Crippen LogP contribution >= 0.6 is 0 Å². The molecule has 0 aromatic rings. The van der Waals surface area contributed by atoms with Crippen molar-refractivity contribution in [3.05, 3.63) is 0 Å². The molecular formula is C4H8N2O. The van der Waals surface area contributed by atoms with Crippen molar-refractivity contribution in [3.8, 4) is 0 Å². The Morgan fingerprint density at radius 2 is 2.86 bits per heavy atom. The van der Waals surface area contributed by atoms with Crippen molar-refractivity contribution < 1.29 is 13.1 Å². The molecule has 0 bridgehead atoms. The highest BCUT2D eigenvalue weighted by atomic mass is 16.2. The van der Waals surface area contributed by atoms with Gasteiger partial charge in [-0.05, 0) is 0 Å². The molecule has 2 N–H and O–H groups in total. The average molecular weight is 106 g/mol. The standard InChI is InChI=1S/C4H8N2O/c7-4-3-5-1-2-6-4/h5H,1-3H2,(H,6,7)/i1D2,3D2/hD2. The first-order valence-corrected chi connectivity index (χ1v) is 1.79. The molecule has 1 saturated heterocycles. The maximum Gasteiger partial charge on any atom is 0.234 e. The SMILES string of the molecule is [2H]N1CC([2H])([2H])N([2H])C([2H])([2H])C1=O. The molecule has 0 unspecified atom stereocenters. The summed E-state index contributed by atoms with van der Waals surface area (Å²) in [7, 11) is 0. The van der Waals surface area contributed by atoms with Crippen molar-refractivity contribution in [2.45, 2.75) is 0 Å². The Labute approximate surface area is 50.6 Å². The van der Waals surface area contributed by atoms with Crippen LogP contribution in [0, 0.1) is 0 Å². The Morgan fingerprint density at radius 3 is 3.71 bits per heavy atom. The van der Waals surface area contributed by atoms with E-state index < -0.39 is 25.4 Å². The molecule has 40 valence electrons. The van der Waals surface area contributed by atoms with E-state index in [1.807, 2.05) is 0 Å². The minimum atomic E-state index is -2.77. The first kappa shape index (κ1) is 1.23. The Balaban J connectivity index is 3.03. The fourth-order valence-corrected chi connectivity index (χ4v) is 0.265. The van der Waals surface area contributed by atoms with Crippen LogP contribution in [0.15, 0.2) is 0 Å². The lowest BCUT2D eigenvalue weighted by atomic mass is 10.4. The summed E-state index contributed by atoms with van der Waals surface area (Å²) in [5.41, 5.74) is 0. The zero-order chi connectivity index (χ0) is 10.4. The maximum atomic E-state index is 11.0. The average Bonchev–Trinajstić information content (AvgIpc) is 1.98. The van der Waals surface area contributed by atoms with E-state index in [1.54, 1.807) is 0 Å². The molecule has 1 fully saturated rings. The van der Waals surface area contributed by atoms with Crippen molar-refractivity contribution >= 4 is 5.91 Å². The highest BCUT2D eigenvalue weighted by Gasteiger charge is 2.02. The summed E-state index contributed by atoms with van der Waals surface area (Å²) in [6.45, 7) is -5.74. The van der Waals surface area contributed by atoms with Crippen molar-refractivity contribution in [1.29, 1.82) is 0 Å². The summed E-state index contributed by atoms with van der Waals surface area (Å²) >= 11 is 0. The van der Waals surface area contributed by atoms with E-state index in [4.69, 9.17) is 8.31 Å². The lowest BCUT2D eigenvalue weighted by Gasteiger charge is -2.11. The highest BCUT2D eigenvalue weighted by molar-refractivity contribution is 5.78. The number of carbonyl (C=O) groups excluding carboxylic acids is 1. The molecular weight excluding hydrogens is 92.1 g/mol. The van der Waals surface area contributed by atoms with Gasteiger partial charge in [-0.15, -0.1) is 0 Å². The quantitative estimate of drug-likeness (QED) is 0.403. The van der Waals surface area contributed by atoms with E-state index in [1.165, 1.54) is 0 Å². The number of hydrogen-bond acceptors (Lipinski definition) is 2. The molecule has 0 saturated carbocycles. The third kappa shape index (κ3) is 1.16. The van der Waals surface area contributed by atoms with Gasteiger partial charge in [-0.1, -0.05) is 0 Å². The van der Waals surface area contributed by atoms with Gasteiger partial charge in [0.25, 0.3) is 0 Å². The van der Waals surface area contributed by atoms with Gasteiger partial charge in [0.15, 0.2) is 1.41 Å². The van der Waals surface area contributed by atoms with Crippen LogP contribution in [0.5, 0.6) is 0 Å². The van der Waals surface area contributed by atoms with Gasteiger partial charge in [0.2, 0.25) is 5.91 Å². The molecule has 3 nitrogen and oxygen atoms in total. The molecule has 0 aliphatic carbocycles. The molecule has 1 heterocycles. The Hall–Kier alpha value is -0.570. The number of carbonyl (C=O) groups is 1. The normalized spacial score (nSPS) is 52.6. The molecule has 1 amide bonds. The van der Waals surface area contributed by atoms with Gasteiger partial charge in [0, 0.05) is 15.8 Å². The van der Waals surface area contributed by atoms with Gasteiger partial charge in [0.1, 0.15) is 1.41 Å². The minimum Gasteiger partial charge on any atom is -0.354 e. The van der Waals surface area contributed by atoms with Crippen LogP contribution in [0.1, 0.15) is 5.48 Å². The molecule has 0 spiro atoms. The Bertz CT molecular complexity index is 243. The molecule has 1 rings (SSSR count). The number of nitrogens with one attached hydrogen (secondary N) is 2. The molecule has 0 aromatic heterocycles. The summed E-state index contributed by atoms with van der Waals surface area (Å²) in [5.74, 6) is -1.22. The monoisotopic (exact) mass is 106 g/mol. The highest BCUT2D eigenvalue weighted by Crippen LogP contribution is 1.69. The minimum absolute atomic E-state index is 0.0482. The predicted octanol–water partition coefficient (Wildman–Crippen LogP) is -1.29. The van der Waals surface area contributed by atoms with Gasteiger partial charge >= 0.3 is 0 Å². The molecule has 0 aromatic carbocycles. The van der Waals surface area contributed by atoms with Crippen LogP contribution in [0.2, 0.25) is 2.82 Å². The lowest BCUT2D eigenvalue weighted by molar-refractivity contribution is -0.121. The zero-order valence-corrected chi connectivity index (χ0v) is 3.51. The van der Waals surface area contributed by atoms with Crippen LogP contribution in [-0.2, 0) is 4.79 Å². The van der Waals surface area contributed by atoms with Crippen LogP contribution in [0.4, 0.5) is 0 Å². The third-order valence-corrected chi connectivity index (χ3v) is 0.524. The lowest BCUT2D eigenvalue weighted by Crippen LogP contribution is -2.44. The topological polar surface area (TPSA) is 41.1 Å². The first-order chi connectivity index (χ1) is 5.69. The predicted molar refractivity (Wildman–Crippen MR) is 25.9 cm³/mol. The van der Waals surface area contributed by atoms with Crippen molar-refractivity contribution in [2.24, 2.45) is 0 Å². The summed E-state index contributed by atoms with van der Waals surface area (Å²) in [4.78, 5) is 11.0. The molecule has 0 radical (unpaired) electrons. The first-order valence-electron chi connectivity index (χ1n) is 4.69. The largest absolute Gasteiger partial charge is 0.354 e.